The van der Waals surface area contributed by atoms with Crippen LogP contribution in [0.1, 0.15) is 20.8 Å². The van der Waals surface area contributed by atoms with Gasteiger partial charge in [-0.25, -0.2) is 0 Å². The van der Waals surface area contributed by atoms with Crippen LogP contribution in [0.3, 0.4) is 0 Å². The highest BCUT2D eigenvalue weighted by atomic mass is 16.7. The van der Waals surface area contributed by atoms with Crippen molar-refractivity contribution in [1.29, 1.82) is 0 Å². The van der Waals surface area contributed by atoms with Gasteiger partial charge in [0.05, 0.1) is 12.2 Å². The second kappa shape index (κ2) is 2.67. The summed E-state index contributed by atoms with van der Waals surface area (Å²) >= 11 is 0. The molecular weight excluding hydrogens is 116 g/mol. The lowest BCUT2D eigenvalue weighted by molar-refractivity contribution is -0.192. The van der Waals surface area contributed by atoms with Crippen LogP contribution in [-0.4, -0.2) is 19.0 Å². The van der Waals surface area contributed by atoms with Crippen LogP contribution >= 0.6 is 0 Å². The van der Waals surface area contributed by atoms with E-state index in [1.165, 1.54) is 0 Å². The summed E-state index contributed by atoms with van der Waals surface area (Å²) in [7, 11) is 0. The van der Waals surface area contributed by atoms with E-state index in [2.05, 4.69) is 20.8 Å². The Labute approximate surface area is 56.2 Å². The lowest BCUT2D eigenvalue weighted by Gasteiger charge is -2.31. The van der Waals surface area contributed by atoms with Gasteiger partial charge in [-0.15, -0.1) is 0 Å². The SMILES string of the molecule is CC1[C@H](C)OCO[C@@H]1C. The minimum Gasteiger partial charge on any atom is -0.352 e. The monoisotopic (exact) mass is 130 g/mol. The molecule has 1 aliphatic rings. The fourth-order valence-electron chi connectivity index (χ4n) is 0.939. The molecular formula is C7H14O2. The van der Waals surface area contributed by atoms with Crippen LogP contribution in [0, 0.1) is 5.92 Å². The largest absolute Gasteiger partial charge is 0.352 e. The van der Waals surface area contributed by atoms with E-state index in [0.717, 1.165) is 0 Å². The smallest absolute Gasteiger partial charge is 0.147 e. The molecule has 1 rings (SSSR count). The van der Waals surface area contributed by atoms with Crippen molar-refractivity contribution in [3.05, 3.63) is 0 Å². The second-order valence-electron chi connectivity index (χ2n) is 2.72. The molecule has 0 radical (unpaired) electrons. The Hall–Kier alpha value is -0.0800. The van der Waals surface area contributed by atoms with Gasteiger partial charge in [0.2, 0.25) is 0 Å². The van der Waals surface area contributed by atoms with Crippen LogP contribution in [0.5, 0.6) is 0 Å². The van der Waals surface area contributed by atoms with Crippen molar-refractivity contribution >= 4 is 0 Å². The summed E-state index contributed by atoms with van der Waals surface area (Å²) in [6, 6.07) is 0. The molecule has 1 fully saturated rings. The summed E-state index contributed by atoms with van der Waals surface area (Å²) < 4.78 is 10.5. The van der Waals surface area contributed by atoms with Gasteiger partial charge in [-0.2, -0.15) is 0 Å². The summed E-state index contributed by atoms with van der Waals surface area (Å²) in [4.78, 5) is 0. The minimum absolute atomic E-state index is 0.355. The normalized spacial score (nSPS) is 45.0. The van der Waals surface area contributed by atoms with Gasteiger partial charge in [-0.3, -0.25) is 0 Å². The van der Waals surface area contributed by atoms with Gasteiger partial charge in [0.25, 0.3) is 0 Å². The quantitative estimate of drug-likeness (QED) is 0.493. The predicted octanol–water partition coefficient (Wildman–Crippen LogP) is 1.40. The Morgan fingerprint density at radius 3 is 1.78 bits per heavy atom. The fourth-order valence-corrected chi connectivity index (χ4v) is 0.939. The summed E-state index contributed by atoms with van der Waals surface area (Å²) in [6.45, 7) is 6.79. The van der Waals surface area contributed by atoms with Crippen molar-refractivity contribution in [3.8, 4) is 0 Å². The topological polar surface area (TPSA) is 18.5 Å². The van der Waals surface area contributed by atoms with Gasteiger partial charge in [-0.1, -0.05) is 6.92 Å². The highest BCUT2D eigenvalue weighted by Gasteiger charge is 2.24. The number of rotatable bonds is 0. The molecule has 9 heavy (non-hydrogen) atoms. The molecule has 0 amide bonds. The van der Waals surface area contributed by atoms with E-state index >= 15 is 0 Å². The maximum absolute atomic E-state index is 5.24. The van der Waals surface area contributed by atoms with Gasteiger partial charge in [0, 0.05) is 5.92 Å². The molecule has 0 aromatic carbocycles. The van der Waals surface area contributed by atoms with E-state index in [1.54, 1.807) is 0 Å². The summed E-state index contributed by atoms with van der Waals surface area (Å²) in [5.74, 6) is 0.527. The minimum atomic E-state index is 0.355. The van der Waals surface area contributed by atoms with Crippen LogP contribution < -0.4 is 0 Å². The van der Waals surface area contributed by atoms with Crippen molar-refractivity contribution in [1.82, 2.24) is 0 Å². The number of hydrogen-bond acceptors (Lipinski definition) is 2. The lowest BCUT2D eigenvalue weighted by atomic mass is 10.00. The van der Waals surface area contributed by atoms with Crippen molar-refractivity contribution in [2.24, 2.45) is 5.92 Å². The van der Waals surface area contributed by atoms with E-state index < -0.39 is 0 Å². The first kappa shape index (κ1) is 7.03. The van der Waals surface area contributed by atoms with Crippen LogP contribution in [0.25, 0.3) is 0 Å². The standard InChI is InChI=1S/C7H14O2/c1-5-6(2)8-4-9-7(5)3/h5-7H,4H2,1-3H3/t5?,6-,7+. The third-order valence-corrected chi connectivity index (χ3v) is 2.14. The molecule has 1 saturated heterocycles. The van der Waals surface area contributed by atoms with E-state index in [0.29, 0.717) is 24.9 Å². The van der Waals surface area contributed by atoms with Crippen molar-refractivity contribution in [3.63, 3.8) is 0 Å². The highest BCUT2D eigenvalue weighted by molar-refractivity contribution is 4.69. The maximum atomic E-state index is 5.24. The molecule has 1 aliphatic heterocycles. The van der Waals surface area contributed by atoms with Crippen LogP contribution in [0.15, 0.2) is 0 Å². The van der Waals surface area contributed by atoms with Gasteiger partial charge in [0.15, 0.2) is 0 Å². The average Bonchev–Trinajstić information content (AvgIpc) is 1.83. The van der Waals surface area contributed by atoms with Crippen molar-refractivity contribution in [2.45, 2.75) is 33.0 Å². The summed E-state index contributed by atoms with van der Waals surface area (Å²) in [5.41, 5.74) is 0. The Kier molecular flexibility index (Phi) is 2.09. The molecule has 2 heteroatoms. The molecule has 0 aromatic rings. The van der Waals surface area contributed by atoms with Gasteiger partial charge >= 0.3 is 0 Å². The average molecular weight is 130 g/mol. The molecule has 0 aliphatic carbocycles. The van der Waals surface area contributed by atoms with Gasteiger partial charge in [-0.05, 0) is 13.8 Å². The second-order valence-corrected chi connectivity index (χ2v) is 2.72. The van der Waals surface area contributed by atoms with Gasteiger partial charge < -0.3 is 9.47 Å². The van der Waals surface area contributed by atoms with Crippen LogP contribution in [0.2, 0.25) is 0 Å². The zero-order valence-corrected chi connectivity index (χ0v) is 6.26. The molecule has 54 valence electrons. The highest BCUT2D eigenvalue weighted by Crippen LogP contribution is 2.18. The van der Waals surface area contributed by atoms with Gasteiger partial charge in [0.1, 0.15) is 6.79 Å². The molecule has 3 atom stereocenters. The van der Waals surface area contributed by atoms with E-state index in [4.69, 9.17) is 9.47 Å². The van der Waals surface area contributed by atoms with Crippen molar-refractivity contribution < 1.29 is 9.47 Å². The molecule has 0 spiro atoms. The molecule has 0 saturated carbocycles. The summed E-state index contributed by atoms with van der Waals surface area (Å²) in [6.07, 6.45) is 0.711. The predicted molar refractivity (Wildman–Crippen MR) is 35.1 cm³/mol. The Bertz CT molecular complexity index is 82.9. The zero-order valence-electron chi connectivity index (χ0n) is 6.26. The molecule has 1 unspecified atom stereocenters. The van der Waals surface area contributed by atoms with Crippen LogP contribution in [0.4, 0.5) is 0 Å². The first-order valence-electron chi connectivity index (χ1n) is 3.45. The molecule has 2 nitrogen and oxygen atoms in total. The maximum Gasteiger partial charge on any atom is 0.147 e. The first-order chi connectivity index (χ1) is 4.22. The lowest BCUT2D eigenvalue weighted by Crippen LogP contribution is -2.36. The van der Waals surface area contributed by atoms with E-state index in [1.807, 2.05) is 0 Å². The Balaban J connectivity index is 2.41. The van der Waals surface area contributed by atoms with E-state index in [9.17, 15) is 0 Å². The number of hydrogen-bond donors (Lipinski definition) is 0. The Morgan fingerprint density at radius 2 is 1.44 bits per heavy atom. The zero-order chi connectivity index (χ0) is 6.85. The van der Waals surface area contributed by atoms with Crippen molar-refractivity contribution in [2.75, 3.05) is 6.79 Å². The summed E-state index contributed by atoms with van der Waals surface area (Å²) in [5, 5.41) is 0. The third-order valence-electron chi connectivity index (χ3n) is 2.14. The molecule has 0 bridgehead atoms. The first-order valence-corrected chi connectivity index (χ1v) is 3.45. The third kappa shape index (κ3) is 1.43. The molecule has 0 N–H and O–H groups in total. The van der Waals surface area contributed by atoms with E-state index in [-0.39, 0.29) is 0 Å². The fraction of sp³-hybridized carbons (Fsp3) is 1.00. The number of ether oxygens (including phenoxy) is 2. The molecule has 1 heterocycles. The van der Waals surface area contributed by atoms with Crippen LogP contribution in [-0.2, 0) is 9.47 Å². The molecule has 0 aromatic heterocycles. The Morgan fingerprint density at radius 1 is 1.00 bits per heavy atom.